The van der Waals surface area contributed by atoms with Gasteiger partial charge < -0.3 is 0 Å². The van der Waals surface area contributed by atoms with Gasteiger partial charge in [0.05, 0.1) is 5.57 Å². The third-order valence-corrected chi connectivity index (χ3v) is 1.16. The summed E-state index contributed by atoms with van der Waals surface area (Å²) in [6.07, 6.45) is -7.04. The first kappa shape index (κ1) is 12.1. The summed E-state index contributed by atoms with van der Waals surface area (Å²) in [5, 5.41) is 0. The molecule has 0 aliphatic carbocycles. The lowest BCUT2D eigenvalue weighted by atomic mass is 10.2. The van der Waals surface area contributed by atoms with Crippen LogP contribution in [0.1, 0.15) is 13.8 Å². The van der Waals surface area contributed by atoms with E-state index in [1.807, 2.05) is 0 Å². The Morgan fingerprint density at radius 2 is 1.54 bits per heavy atom. The normalized spacial score (nSPS) is 13.4. The fourth-order valence-corrected chi connectivity index (χ4v) is 0.547. The fraction of sp³-hybridized carbons (Fsp3) is 0.500. The summed E-state index contributed by atoms with van der Waals surface area (Å²) in [5.74, 6) is 0. The topological polar surface area (TPSA) is 0 Å². The Labute approximate surface area is 72.7 Å². The summed E-state index contributed by atoms with van der Waals surface area (Å²) in [6.45, 7) is 3.05. The Kier molecular flexibility index (Phi) is 4.10. The molecule has 0 nitrogen and oxygen atoms in total. The monoisotopic (exact) mass is 200 g/mol. The van der Waals surface area contributed by atoms with Crippen LogP contribution in [0.4, 0.5) is 22.0 Å². The Bertz CT molecular complexity index is 217. The number of halogens is 5. The van der Waals surface area contributed by atoms with Crippen LogP contribution < -0.4 is 0 Å². The lowest BCUT2D eigenvalue weighted by Gasteiger charge is -2.09. The molecule has 0 atom stereocenters. The molecule has 0 radical (unpaired) electrons. The quantitative estimate of drug-likeness (QED) is 0.471. The summed E-state index contributed by atoms with van der Waals surface area (Å²) in [4.78, 5) is 0. The van der Waals surface area contributed by atoms with Crippen LogP contribution in [0.15, 0.2) is 23.3 Å². The van der Waals surface area contributed by atoms with E-state index < -0.39 is 18.2 Å². The average Bonchev–Trinajstić information content (AvgIpc) is 1.81. The molecule has 0 N–H and O–H groups in total. The van der Waals surface area contributed by atoms with Gasteiger partial charge in [0.1, 0.15) is 0 Å². The van der Waals surface area contributed by atoms with Crippen molar-refractivity contribution in [3.63, 3.8) is 0 Å². The molecule has 0 aromatic rings. The second-order valence-corrected chi connectivity index (χ2v) is 2.66. The highest BCUT2D eigenvalue weighted by molar-refractivity contribution is 5.21. The Balaban J connectivity index is 4.83. The third-order valence-electron chi connectivity index (χ3n) is 1.16. The second kappa shape index (κ2) is 4.39. The smallest absolute Gasteiger partial charge is 0.205 e. The van der Waals surface area contributed by atoms with Gasteiger partial charge in [-0.05, 0) is 19.9 Å². The molecule has 0 amide bonds. The molecule has 0 heterocycles. The maximum absolute atomic E-state index is 11.8. The van der Waals surface area contributed by atoms with Crippen LogP contribution in [0.25, 0.3) is 0 Å². The molecule has 0 rings (SSSR count). The summed E-state index contributed by atoms with van der Waals surface area (Å²) in [6, 6.07) is 0. The molecule has 0 fully saturated rings. The van der Waals surface area contributed by atoms with Crippen molar-refractivity contribution in [1.29, 1.82) is 0 Å². The van der Waals surface area contributed by atoms with Crippen molar-refractivity contribution in [2.45, 2.75) is 26.4 Å². The highest BCUT2D eigenvalue weighted by atomic mass is 19.4. The summed E-state index contributed by atoms with van der Waals surface area (Å²) >= 11 is 0. The maximum Gasteiger partial charge on any atom is 0.418 e. The van der Waals surface area contributed by atoms with Crippen molar-refractivity contribution in [3.05, 3.63) is 23.3 Å². The first-order valence-corrected chi connectivity index (χ1v) is 3.45. The summed E-state index contributed by atoms with van der Waals surface area (Å²) in [5.41, 5.74) is -1.28. The Hall–Kier alpha value is -0.870. The molecule has 0 aromatic carbocycles. The number of allylic oxidation sites excluding steroid dienone is 4. The maximum atomic E-state index is 11.8. The first-order valence-electron chi connectivity index (χ1n) is 3.45. The summed E-state index contributed by atoms with van der Waals surface area (Å²) < 4.78 is 59.2. The number of rotatable bonds is 2. The SMILES string of the molecule is CC(C)=C/C=C(/C(F)F)C(F)(F)F. The molecule has 5 heteroatoms. The molecular weight excluding hydrogens is 191 g/mol. The van der Waals surface area contributed by atoms with Crippen LogP contribution in [0.3, 0.4) is 0 Å². The molecule has 0 aliphatic heterocycles. The first-order chi connectivity index (χ1) is 5.75. The standard InChI is InChI=1S/C8H9F5/c1-5(2)3-4-6(7(9)10)8(11,12)13/h3-4,7H,1-2H3/b6-4-. The van der Waals surface area contributed by atoms with Crippen LogP contribution in [-0.2, 0) is 0 Å². The van der Waals surface area contributed by atoms with E-state index in [9.17, 15) is 22.0 Å². The van der Waals surface area contributed by atoms with Crippen molar-refractivity contribution >= 4 is 0 Å². The largest absolute Gasteiger partial charge is 0.418 e. The van der Waals surface area contributed by atoms with E-state index in [1.54, 1.807) is 0 Å². The summed E-state index contributed by atoms with van der Waals surface area (Å²) in [7, 11) is 0. The minimum absolute atomic E-state index is 0.403. The van der Waals surface area contributed by atoms with Crippen molar-refractivity contribution < 1.29 is 22.0 Å². The van der Waals surface area contributed by atoms with Crippen LogP contribution >= 0.6 is 0 Å². The van der Waals surface area contributed by atoms with Gasteiger partial charge in [0.25, 0.3) is 6.43 Å². The number of hydrogen-bond acceptors (Lipinski definition) is 0. The van der Waals surface area contributed by atoms with Crippen molar-refractivity contribution in [1.82, 2.24) is 0 Å². The van der Waals surface area contributed by atoms with Gasteiger partial charge in [0.2, 0.25) is 0 Å². The Morgan fingerprint density at radius 3 is 1.77 bits per heavy atom. The second-order valence-electron chi connectivity index (χ2n) is 2.66. The van der Waals surface area contributed by atoms with Crippen molar-refractivity contribution in [2.24, 2.45) is 0 Å². The van der Waals surface area contributed by atoms with Crippen LogP contribution in [-0.4, -0.2) is 12.6 Å². The highest BCUT2D eigenvalue weighted by Crippen LogP contribution is 2.30. The number of hydrogen-bond donors (Lipinski definition) is 0. The molecule has 0 saturated heterocycles. The van der Waals surface area contributed by atoms with Crippen LogP contribution in [0, 0.1) is 0 Å². The van der Waals surface area contributed by atoms with Crippen molar-refractivity contribution in [3.8, 4) is 0 Å². The zero-order chi connectivity index (χ0) is 10.6. The van der Waals surface area contributed by atoms with Gasteiger partial charge in [-0.2, -0.15) is 13.2 Å². The van der Waals surface area contributed by atoms with E-state index in [2.05, 4.69) is 0 Å². The highest BCUT2D eigenvalue weighted by Gasteiger charge is 2.38. The van der Waals surface area contributed by atoms with E-state index in [0.717, 1.165) is 6.08 Å². The predicted octanol–water partition coefficient (Wildman–Crippen LogP) is 3.71. The van der Waals surface area contributed by atoms with Gasteiger partial charge in [-0.3, -0.25) is 0 Å². The lowest BCUT2D eigenvalue weighted by molar-refractivity contribution is -0.108. The van der Waals surface area contributed by atoms with E-state index >= 15 is 0 Å². The minimum atomic E-state index is -4.96. The molecular formula is C8H9F5. The van der Waals surface area contributed by atoms with Gasteiger partial charge in [-0.1, -0.05) is 11.6 Å². The molecule has 0 spiro atoms. The predicted molar refractivity (Wildman–Crippen MR) is 39.6 cm³/mol. The van der Waals surface area contributed by atoms with Gasteiger partial charge in [-0.25, -0.2) is 8.78 Å². The molecule has 0 aromatic heterocycles. The Morgan fingerprint density at radius 1 is 1.08 bits per heavy atom. The lowest BCUT2D eigenvalue weighted by Crippen LogP contribution is -2.17. The van der Waals surface area contributed by atoms with Gasteiger partial charge in [0.15, 0.2) is 0 Å². The number of alkyl halides is 5. The molecule has 0 saturated carbocycles. The molecule has 0 bridgehead atoms. The molecule has 13 heavy (non-hydrogen) atoms. The fourth-order valence-electron chi connectivity index (χ4n) is 0.547. The van der Waals surface area contributed by atoms with Crippen LogP contribution in [0.5, 0.6) is 0 Å². The van der Waals surface area contributed by atoms with E-state index in [-0.39, 0.29) is 0 Å². The minimum Gasteiger partial charge on any atom is -0.205 e. The zero-order valence-corrected chi connectivity index (χ0v) is 7.12. The third kappa shape index (κ3) is 4.65. The van der Waals surface area contributed by atoms with Gasteiger partial charge in [-0.15, -0.1) is 0 Å². The zero-order valence-electron chi connectivity index (χ0n) is 7.12. The molecule has 0 unspecified atom stereocenters. The molecule has 76 valence electrons. The van der Waals surface area contributed by atoms with Gasteiger partial charge >= 0.3 is 6.18 Å². The van der Waals surface area contributed by atoms with E-state index in [4.69, 9.17) is 0 Å². The average molecular weight is 200 g/mol. The van der Waals surface area contributed by atoms with Crippen molar-refractivity contribution in [2.75, 3.05) is 0 Å². The molecule has 0 aliphatic rings. The van der Waals surface area contributed by atoms with E-state index in [1.165, 1.54) is 13.8 Å². The van der Waals surface area contributed by atoms with Gasteiger partial charge in [0, 0.05) is 0 Å². The van der Waals surface area contributed by atoms with E-state index in [0.29, 0.717) is 11.6 Å². The van der Waals surface area contributed by atoms with Crippen LogP contribution in [0.2, 0.25) is 0 Å².